The first-order valence-electron chi connectivity index (χ1n) is 6.98. The lowest BCUT2D eigenvalue weighted by Gasteiger charge is -2.07. The van der Waals surface area contributed by atoms with E-state index in [4.69, 9.17) is 9.15 Å². The molecule has 0 aliphatic rings. The molecule has 1 N–H and O–H groups in total. The standard InChI is InChI=1S/C14H18N4O4S/c1-5-21-13(20)10-6-15-18(4)12(10)17-11(19)7-23-14-16-8(2)9(3)22-14/h6H,5,7H2,1-4H3,(H,17,19). The van der Waals surface area contributed by atoms with E-state index in [1.165, 1.54) is 22.6 Å². The maximum Gasteiger partial charge on any atom is 0.343 e. The van der Waals surface area contributed by atoms with Crippen LogP contribution in [0, 0.1) is 13.8 Å². The van der Waals surface area contributed by atoms with Gasteiger partial charge in [-0.25, -0.2) is 9.78 Å². The Morgan fingerprint density at radius 1 is 1.43 bits per heavy atom. The number of hydrogen-bond acceptors (Lipinski definition) is 7. The van der Waals surface area contributed by atoms with Crippen LogP contribution in [0.25, 0.3) is 0 Å². The second-order valence-electron chi connectivity index (χ2n) is 4.71. The van der Waals surface area contributed by atoms with Crippen molar-refractivity contribution in [3.8, 4) is 0 Å². The Hall–Kier alpha value is -2.29. The fourth-order valence-electron chi connectivity index (χ4n) is 1.74. The predicted octanol–water partition coefficient (Wildman–Crippen LogP) is 1.93. The van der Waals surface area contributed by atoms with Crippen molar-refractivity contribution in [2.75, 3.05) is 17.7 Å². The molecule has 0 saturated heterocycles. The number of esters is 1. The lowest BCUT2D eigenvalue weighted by atomic mass is 10.3. The average molecular weight is 338 g/mol. The molecule has 9 heteroatoms. The molecule has 2 aromatic heterocycles. The first-order chi connectivity index (χ1) is 10.9. The first kappa shape index (κ1) is 17.1. The summed E-state index contributed by atoms with van der Waals surface area (Å²) in [6.45, 7) is 5.61. The Kier molecular flexibility index (Phi) is 5.43. The zero-order valence-corrected chi connectivity index (χ0v) is 14.2. The van der Waals surface area contributed by atoms with Crippen molar-refractivity contribution in [2.24, 2.45) is 7.05 Å². The molecule has 124 valence electrons. The van der Waals surface area contributed by atoms with Gasteiger partial charge in [-0.05, 0) is 20.8 Å². The SMILES string of the molecule is CCOC(=O)c1cnn(C)c1NC(=O)CSc1nc(C)c(C)o1. The van der Waals surface area contributed by atoms with Crippen molar-refractivity contribution < 1.29 is 18.7 Å². The molecule has 0 fully saturated rings. The quantitative estimate of drug-likeness (QED) is 0.634. The molecular formula is C14H18N4O4S. The summed E-state index contributed by atoms with van der Waals surface area (Å²) < 4.78 is 11.7. The van der Waals surface area contributed by atoms with Crippen LogP contribution in [0.2, 0.25) is 0 Å². The van der Waals surface area contributed by atoms with Crippen LogP contribution in [0.15, 0.2) is 15.8 Å². The fraction of sp³-hybridized carbons (Fsp3) is 0.429. The van der Waals surface area contributed by atoms with Crippen molar-refractivity contribution in [2.45, 2.75) is 26.0 Å². The number of anilines is 1. The van der Waals surface area contributed by atoms with Gasteiger partial charge in [0.25, 0.3) is 5.22 Å². The fourth-order valence-corrected chi connectivity index (χ4v) is 2.46. The highest BCUT2D eigenvalue weighted by Crippen LogP contribution is 2.21. The zero-order chi connectivity index (χ0) is 17.0. The highest BCUT2D eigenvalue weighted by molar-refractivity contribution is 7.99. The third-order valence-corrected chi connectivity index (χ3v) is 3.86. The van der Waals surface area contributed by atoms with Gasteiger partial charge in [0.1, 0.15) is 17.1 Å². The van der Waals surface area contributed by atoms with E-state index in [1.54, 1.807) is 14.0 Å². The lowest BCUT2D eigenvalue weighted by molar-refractivity contribution is -0.113. The molecule has 0 unspecified atom stereocenters. The van der Waals surface area contributed by atoms with Crippen LogP contribution in [0.1, 0.15) is 28.7 Å². The molecule has 2 rings (SSSR count). The van der Waals surface area contributed by atoms with Gasteiger partial charge >= 0.3 is 5.97 Å². The first-order valence-corrected chi connectivity index (χ1v) is 7.96. The highest BCUT2D eigenvalue weighted by Gasteiger charge is 2.19. The number of hydrogen-bond donors (Lipinski definition) is 1. The smallest absolute Gasteiger partial charge is 0.343 e. The summed E-state index contributed by atoms with van der Waals surface area (Å²) in [7, 11) is 1.63. The number of amides is 1. The van der Waals surface area contributed by atoms with Gasteiger partial charge in [-0.15, -0.1) is 0 Å². The van der Waals surface area contributed by atoms with Gasteiger partial charge in [-0.3, -0.25) is 9.48 Å². The average Bonchev–Trinajstić information content (AvgIpc) is 3.01. The Bertz CT molecular complexity index is 703. The Morgan fingerprint density at radius 2 is 2.17 bits per heavy atom. The minimum Gasteiger partial charge on any atom is -0.462 e. The van der Waals surface area contributed by atoms with Gasteiger partial charge in [0.2, 0.25) is 5.91 Å². The Balaban J connectivity index is 2.00. The van der Waals surface area contributed by atoms with Gasteiger partial charge in [-0.1, -0.05) is 11.8 Å². The topological polar surface area (TPSA) is 99.2 Å². The van der Waals surface area contributed by atoms with E-state index in [-0.39, 0.29) is 23.8 Å². The van der Waals surface area contributed by atoms with E-state index in [2.05, 4.69) is 15.4 Å². The van der Waals surface area contributed by atoms with E-state index < -0.39 is 5.97 Å². The van der Waals surface area contributed by atoms with Crippen molar-refractivity contribution in [3.05, 3.63) is 23.2 Å². The lowest BCUT2D eigenvalue weighted by Crippen LogP contribution is -2.19. The van der Waals surface area contributed by atoms with Crippen LogP contribution >= 0.6 is 11.8 Å². The number of aryl methyl sites for hydroxylation is 3. The normalized spacial score (nSPS) is 10.6. The number of nitrogens with zero attached hydrogens (tertiary/aromatic N) is 3. The maximum absolute atomic E-state index is 12.1. The van der Waals surface area contributed by atoms with Crippen LogP contribution in [0.5, 0.6) is 0 Å². The van der Waals surface area contributed by atoms with E-state index >= 15 is 0 Å². The highest BCUT2D eigenvalue weighted by atomic mass is 32.2. The van der Waals surface area contributed by atoms with Crippen LogP contribution < -0.4 is 5.32 Å². The molecule has 0 radical (unpaired) electrons. The number of carbonyl (C=O) groups excluding carboxylic acids is 2. The molecule has 8 nitrogen and oxygen atoms in total. The number of aromatic nitrogens is 3. The number of ether oxygens (including phenoxy) is 1. The molecule has 0 spiro atoms. The molecule has 0 saturated carbocycles. The second-order valence-corrected chi connectivity index (χ2v) is 5.64. The van der Waals surface area contributed by atoms with Crippen molar-refractivity contribution in [3.63, 3.8) is 0 Å². The molecule has 2 aromatic rings. The third-order valence-electron chi connectivity index (χ3n) is 3.03. The molecule has 0 aromatic carbocycles. The number of carbonyl (C=O) groups is 2. The Morgan fingerprint density at radius 3 is 2.78 bits per heavy atom. The van der Waals surface area contributed by atoms with Gasteiger partial charge in [0, 0.05) is 7.05 Å². The predicted molar refractivity (Wildman–Crippen MR) is 84.5 cm³/mol. The summed E-state index contributed by atoms with van der Waals surface area (Å²) in [5.41, 5.74) is 1.01. The molecule has 2 heterocycles. The monoisotopic (exact) mass is 338 g/mol. The van der Waals surface area contributed by atoms with E-state index in [1.807, 2.05) is 13.8 Å². The second kappa shape index (κ2) is 7.32. The van der Waals surface area contributed by atoms with Crippen molar-refractivity contribution in [1.82, 2.24) is 14.8 Å². The van der Waals surface area contributed by atoms with E-state index in [0.29, 0.717) is 11.0 Å². The van der Waals surface area contributed by atoms with E-state index in [0.717, 1.165) is 11.5 Å². The summed E-state index contributed by atoms with van der Waals surface area (Å²) in [6.07, 6.45) is 1.36. The van der Waals surface area contributed by atoms with Crippen LogP contribution in [-0.4, -0.2) is 39.0 Å². The molecule has 0 bridgehead atoms. The summed E-state index contributed by atoms with van der Waals surface area (Å²) in [5.74, 6) is 0.311. The number of nitrogens with one attached hydrogen (secondary N) is 1. The van der Waals surface area contributed by atoms with Crippen LogP contribution in [-0.2, 0) is 16.6 Å². The third kappa shape index (κ3) is 4.13. The summed E-state index contributed by atoms with van der Waals surface area (Å²) >= 11 is 1.18. The largest absolute Gasteiger partial charge is 0.462 e. The minimum absolute atomic E-state index is 0.104. The van der Waals surface area contributed by atoms with Gasteiger partial charge < -0.3 is 14.5 Å². The Labute approximate surface area is 137 Å². The van der Waals surface area contributed by atoms with Crippen LogP contribution in [0.3, 0.4) is 0 Å². The number of thioether (sulfide) groups is 1. The number of rotatable bonds is 6. The zero-order valence-electron chi connectivity index (χ0n) is 13.4. The van der Waals surface area contributed by atoms with Gasteiger partial charge in [0.05, 0.1) is 24.3 Å². The van der Waals surface area contributed by atoms with Gasteiger partial charge in [0.15, 0.2) is 0 Å². The minimum atomic E-state index is -0.525. The molecule has 0 aliphatic heterocycles. The van der Waals surface area contributed by atoms with Gasteiger partial charge in [-0.2, -0.15) is 5.10 Å². The molecule has 1 amide bonds. The maximum atomic E-state index is 12.1. The molecule has 0 aliphatic carbocycles. The van der Waals surface area contributed by atoms with Crippen molar-refractivity contribution in [1.29, 1.82) is 0 Å². The molecular weight excluding hydrogens is 320 g/mol. The van der Waals surface area contributed by atoms with E-state index in [9.17, 15) is 9.59 Å². The molecule has 0 atom stereocenters. The summed E-state index contributed by atoms with van der Waals surface area (Å²) in [6, 6.07) is 0. The summed E-state index contributed by atoms with van der Waals surface area (Å²) in [4.78, 5) is 28.1. The van der Waals surface area contributed by atoms with Crippen molar-refractivity contribution >= 4 is 29.5 Å². The summed E-state index contributed by atoms with van der Waals surface area (Å²) in [5, 5.41) is 7.07. The molecule has 23 heavy (non-hydrogen) atoms. The van der Waals surface area contributed by atoms with Crippen LogP contribution in [0.4, 0.5) is 5.82 Å². The number of oxazole rings is 1.